The third-order valence-electron chi connectivity index (χ3n) is 1.84. The number of aromatic nitrogens is 2. The number of nitriles is 1. The lowest BCUT2D eigenvalue weighted by Crippen LogP contribution is -2.07. The largest absolute Gasteiger partial charge is 0.311 e. The summed E-state index contributed by atoms with van der Waals surface area (Å²) in [5.41, 5.74) is 6.93. The van der Waals surface area contributed by atoms with Gasteiger partial charge >= 0.3 is 0 Å². The molecule has 13 heavy (non-hydrogen) atoms. The lowest BCUT2D eigenvalue weighted by molar-refractivity contribution is 0.889. The van der Waals surface area contributed by atoms with E-state index in [1.54, 1.807) is 6.20 Å². The summed E-state index contributed by atoms with van der Waals surface area (Å²) in [6, 6.07) is 6.97. The van der Waals surface area contributed by atoms with Crippen LogP contribution >= 0.6 is 0 Å². The summed E-state index contributed by atoms with van der Waals surface area (Å²) in [7, 11) is 0. The van der Waals surface area contributed by atoms with Crippen LogP contribution in [0, 0.1) is 11.3 Å². The van der Waals surface area contributed by atoms with E-state index < -0.39 is 6.04 Å². The highest BCUT2D eigenvalue weighted by Crippen LogP contribution is 2.09. The zero-order valence-corrected chi connectivity index (χ0v) is 6.88. The number of fused-ring (bicyclic) bond motifs is 1. The van der Waals surface area contributed by atoms with Crippen LogP contribution in [0.4, 0.5) is 0 Å². The van der Waals surface area contributed by atoms with Crippen molar-refractivity contribution < 1.29 is 0 Å². The van der Waals surface area contributed by atoms with Crippen molar-refractivity contribution in [1.29, 1.82) is 5.26 Å². The molecule has 0 aliphatic carbocycles. The molecule has 4 nitrogen and oxygen atoms in total. The van der Waals surface area contributed by atoms with Crippen LogP contribution in [0.25, 0.3) is 5.65 Å². The Labute approximate surface area is 75.2 Å². The molecule has 0 radical (unpaired) electrons. The molecule has 4 heteroatoms. The Kier molecular flexibility index (Phi) is 1.72. The molecule has 2 rings (SSSR count). The van der Waals surface area contributed by atoms with E-state index in [1.807, 2.05) is 34.9 Å². The van der Waals surface area contributed by atoms with Gasteiger partial charge in [-0.3, -0.25) is 0 Å². The van der Waals surface area contributed by atoms with Gasteiger partial charge < -0.3 is 10.1 Å². The number of hydrogen-bond acceptors (Lipinski definition) is 3. The van der Waals surface area contributed by atoms with Crippen molar-refractivity contribution in [2.24, 2.45) is 5.73 Å². The molecule has 1 unspecified atom stereocenters. The minimum atomic E-state index is -0.639. The SMILES string of the molecule is N#CC(N)c1cn2ccccc2n1. The second-order valence-electron chi connectivity index (χ2n) is 2.74. The number of pyridine rings is 1. The first-order valence-corrected chi connectivity index (χ1v) is 3.90. The van der Waals surface area contributed by atoms with Crippen LogP contribution in [0.3, 0.4) is 0 Å². The molecule has 0 fully saturated rings. The topological polar surface area (TPSA) is 67.1 Å². The molecule has 0 saturated heterocycles. The Bertz CT molecular complexity index is 433. The van der Waals surface area contributed by atoms with Gasteiger partial charge in [-0.15, -0.1) is 0 Å². The average Bonchev–Trinajstić information content (AvgIpc) is 2.59. The first kappa shape index (κ1) is 7.77. The fraction of sp³-hybridized carbons (Fsp3) is 0.111. The van der Waals surface area contributed by atoms with Crippen molar-refractivity contribution >= 4 is 5.65 Å². The van der Waals surface area contributed by atoms with Crippen molar-refractivity contribution in [2.75, 3.05) is 0 Å². The van der Waals surface area contributed by atoms with Gasteiger partial charge in [-0.2, -0.15) is 5.26 Å². The van der Waals surface area contributed by atoms with E-state index in [2.05, 4.69) is 4.98 Å². The molecule has 64 valence electrons. The maximum absolute atomic E-state index is 8.59. The Morgan fingerprint density at radius 2 is 2.38 bits per heavy atom. The normalized spacial score (nSPS) is 12.6. The molecule has 2 aromatic rings. The third kappa shape index (κ3) is 1.25. The molecule has 0 saturated carbocycles. The van der Waals surface area contributed by atoms with E-state index in [1.165, 1.54) is 0 Å². The molecule has 0 amide bonds. The highest BCUT2D eigenvalue weighted by atomic mass is 15.0. The first-order valence-electron chi connectivity index (χ1n) is 3.90. The second-order valence-corrected chi connectivity index (χ2v) is 2.74. The van der Waals surface area contributed by atoms with E-state index in [0.717, 1.165) is 5.65 Å². The van der Waals surface area contributed by atoms with Gasteiger partial charge in [0.1, 0.15) is 11.7 Å². The number of nitrogens with zero attached hydrogens (tertiary/aromatic N) is 3. The molecular weight excluding hydrogens is 164 g/mol. The molecule has 0 aliphatic rings. The Hall–Kier alpha value is -1.86. The standard InChI is InChI=1S/C9H8N4/c10-5-7(11)8-6-13-4-2-1-3-9(13)12-8/h1-4,6-7H,11H2. The molecule has 2 heterocycles. The number of hydrogen-bond donors (Lipinski definition) is 1. The predicted molar refractivity (Wildman–Crippen MR) is 47.7 cm³/mol. The van der Waals surface area contributed by atoms with E-state index in [4.69, 9.17) is 11.0 Å². The van der Waals surface area contributed by atoms with E-state index >= 15 is 0 Å². The summed E-state index contributed by atoms with van der Waals surface area (Å²) >= 11 is 0. The van der Waals surface area contributed by atoms with Crippen LogP contribution in [0.15, 0.2) is 30.6 Å². The van der Waals surface area contributed by atoms with Crippen molar-refractivity contribution in [2.45, 2.75) is 6.04 Å². The molecule has 1 atom stereocenters. The summed E-state index contributed by atoms with van der Waals surface area (Å²) in [4.78, 5) is 4.20. The summed E-state index contributed by atoms with van der Waals surface area (Å²) < 4.78 is 1.84. The Morgan fingerprint density at radius 1 is 1.54 bits per heavy atom. The summed E-state index contributed by atoms with van der Waals surface area (Å²) in [5, 5.41) is 8.59. The Balaban J connectivity index is 2.57. The van der Waals surface area contributed by atoms with Crippen molar-refractivity contribution in [3.63, 3.8) is 0 Å². The number of rotatable bonds is 1. The summed E-state index contributed by atoms with van der Waals surface area (Å²) in [5.74, 6) is 0. The fourth-order valence-corrected chi connectivity index (χ4v) is 1.17. The van der Waals surface area contributed by atoms with Crippen molar-refractivity contribution in [3.05, 3.63) is 36.3 Å². The van der Waals surface area contributed by atoms with E-state index in [9.17, 15) is 0 Å². The maximum atomic E-state index is 8.59. The smallest absolute Gasteiger partial charge is 0.137 e. The molecule has 0 aromatic carbocycles. The van der Waals surface area contributed by atoms with Crippen LogP contribution in [-0.4, -0.2) is 9.38 Å². The number of nitrogens with two attached hydrogens (primary N) is 1. The molecule has 0 spiro atoms. The van der Waals surface area contributed by atoms with E-state index in [-0.39, 0.29) is 0 Å². The summed E-state index contributed by atoms with van der Waals surface area (Å²) in [6.07, 6.45) is 3.64. The molecule has 0 bridgehead atoms. The second kappa shape index (κ2) is 2.88. The quantitative estimate of drug-likeness (QED) is 0.693. The van der Waals surface area contributed by atoms with Crippen LogP contribution < -0.4 is 5.73 Å². The maximum Gasteiger partial charge on any atom is 0.137 e. The van der Waals surface area contributed by atoms with Gasteiger partial charge in [-0.05, 0) is 12.1 Å². The van der Waals surface area contributed by atoms with Crippen LogP contribution in [-0.2, 0) is 0 Å². The lowest BCUT2D eigenvalue weighted by atomic mass is 10.3. The summed E-state index contributed by atoms with van der Waals surface area (Å²) in [6.45, 7) is 0. The van der Waals surface area contributed by atoms with Crippen LogP contribution in [0.1, 0.15) is 11.7 Å². The fourth-order valence-electron chi connectivity index (χ4n) is 1.17. The number of imidazole rings is 1. The predicted octanol–water partition coefficient (Wildman–Crippen LogP) is 0.858. The highest BCUT2D eigenvalue weighted by Gasteiger charge is 2.07. The zero-order valence-electron chi connectivity index (χ0n) is 6.88. The zero-order chi connectivity index (χ0) is 9.26. The average molecular weight is 172 g/mol. The van der Waals surface area contributed by atoms with Crippen molar-refractivity contribution in [1.82, 2.24) is 9.38 Å². The lowest BCUT2D eigenvalue weighted by Gasteiger charge is -1.92. The third-order valence-corrected chi connectivity index (χ3v) is 1.84. The first-order chi connectivity index (χ1) is 6.31. The van der Waals surface area contributed by atoms with Gasteiger partial charge in [0.05, 0.1) is 11.8 Å². The minimum absolute atomic E-state index is 0.605. The monoisotopic (exact) mass is 172 g/mol. The molecule has 2 aromatic heterocycles. The molecule has 2 N–H and O–H groups in total. The minimum Gasteiger partial charge on any atom is -0.311 e. The van der Waals surface area contributed by atoms with Gasteiger partial charge in [0.25, 0.3) is 0 Å². The Morgan fingerprint density at radius 3 is 3.08 bits per heavy atom. The van der Waals surface area contributed by atoms with Gasteiger partial charge in [0.15, 0.2) is 0 Å². The van der Waals surface area contributed by atoms with Gasteiger partial charge in [-0.25, -0.2) is 4.98 Å². The van der Waals surface area contributed by atoms with Gasteiger partial charge in [0.2, 0.25) is 0 Å². The molecule has 0 aliphatic heterocycles. The van der Waals surface area contributed by atoms with Crippen LogP contribution in [0.2, 0.25) is 0 Å². The molecular formula is C9H8N4. The van der Waals surface area contributed by atoms with Crippen molar-refractivity contribution in [3.8, 4) is 6.07 Å². The van der Waals surface area contributed by atoms with Crippen LogP contribution in [0.5, 0.6) is 0 Å². The van der Waals surface area contributed by atoms with E-state index in [0.29, 0.717) is 5.69 Å². The highest BCUT2D eigenvalue weighted by molar-refractivity contribution is 5.40. The van der Waals surface area contributed by atoms with Gasteiger partial charge in [-0.1, -0.05) is 6.07 Å². The van der Waals surface area contributed by atoms with Gasteiger partial charge in [0, 0.05) is 12.4 Å².